The van der Waals surface area contributed by atoms with Gasteiger partial charge in [-0.1, -0.05) is 71.7 Å². The van der Waals surface area contributed by atoms with Crippen LogP contribution in [0.5, 0.6) is 0 Å². The fourth-order valence-corrected chi connectivity index (χ4v) is 6.79. The number of piperidine rings is 1. The molecule has 0 spiro atoms. The number of hydrogen-bond acceptors (Lipinski definition) is 4. The maximum atomic E-state index is 13.9. The molecule has 242 valence electrons. The number of likely N-dealkylation sites (tertiary alicyclic amines) is 1. The van der Waals surface area contributed by atoms with Crippen LogP contribution in [-0.2, 0) is 6.54 Å². The molecule has 0 radical (unpaired) electrons. The highest BCUT2D eigenvalue weighted by Gasteiger charge is 2.30. The predicted octanol–water partition coefficient (Wildman–Crippen LogP) is 8.37. The van der Waals surface area contributed by atoms with E-state index < -0.39 is 0 Å². The Bertz CT molecular complexity index is 1850. The summed E-state index contributed by atoms with van der Waals surface area (Å²) in [5.74, 6) is 0.116. The number of ketones is 1. The smallest absolute Gasteiger partial charge is 0.253 e. The highest BCUT2D eigenvalue weighted by molar-refractivity contribution is 6.42. The predicted molar refractivity (Wildman–Crippen MR) is 186 cm³/mol. The van der Waals surface area contributed by atoms with Gasteiger partial charge >= 0.3 is 0 Å². The largest absolute Gasteiger partial charge is 0.341 e. The van der Waals surface area contributed by atoms with Crippen LogP contribution in [0.4, 0.5) is 4.39 Å². The van der Waals surface area contributed by atoms with Gasteiger partial charge in [-0.05, 0) is 98.6 Å². The van der Waals surface area contributed by atoms with Crippen LogP contribution in [0.1, 0.15) is 57.3 Å². The van der Waals surface area contributed by atoms with Gasteiger partial charge in [0.25, 0.3) is 5.91 Å². The van der Waals surface area contributed by atoms with Gasteiger partial charge in [0.15, 0.2) is 5.82 Å². The topological polar surface area (TPSA) is 58.4 Å². The van der Waals surface area contributed by atoms with Gasteiger partial charge in [-0.15, -0.1) is 0 Å². The summed E-state index contributed by atoms with van der Waals surface area (Å²) in [6.45, 7) is 3.38. The fraction of sp³-hybridized carbons (Fsp3) is 0.289. The molecule has 0 aliphatic carbocycles. The summed E-state index contributed by atoms with van der Waals surface area (Å²) in [5, 5.41) is 0.997. The number of aromatic nitrogens is 2. The van der Waals surface area contributed by atoms with E-state index in [0.717, 1.165) is 61.1 Å². The summed E-state index contributed by atoms with van der Waals surface area (Å²) in [4.78, 5) is 36.0. The number of likely N-dealkylation sites (N-methyl/N-ethyl adjacent to an activating group) is 1. The molecule has 1 atom stereocenters. The summed E-state index contributed by atoms with van der Waals surface area (Å²) in [6.07, 6.45) is 2.29. The number of Topliss-reactive ketones (excluding diaryl/α,β-unsaturated/α-hetero) is 1. The van der Waals surface area contributed by atoms with Crippen LogP contribution in [0.15, 0.2) is 97.1 Å². The molecule has 0 bridgehead atoms. The molecule has 2 heterocycles. The molecule has 1 saturated heterocycles. The van der Waals surface area contributed by atoms with Crippen LogP contribution in [0.2, 0.25) is 10.0 Å². The number of imidazole rings is 1. The van der Waals surface area contributed by atoms with Gasteiger partial charge in [-0.25, -0.2) is 9.37 Å². The molecule has 1 unspecified atom stereocenters. The normalized spacial score (nSPS) is 14.7. The van der Waals surface area contributed by atoms with E-state index in [2.05, 4.69) is 4.90 Å². The third kappa shape index (κ3) is 7.75. The van der Waals surface area contributed by atoms with Crippen molar-refractivity contribution in [2.24, 2.45) is 5.92 Å². The number of benzene rings is 4. The minimum absolute atomic E-state index is 0.0274. The van der Waals surface area contributed by atoms with Crippen molar-refractivity contribution in [3.8, 4) is 0 Å². The second-order valence-corrected chi connectivity index (χ2v) is 13.1. The Morgan fingerprint density at radius 3 is 2.34 bits per heavy atom. The van der Waals surface area contributed by atoms with Crippen molar-refractivity contribution in [2.45, 2.75) is 31.7 Å². The van der Waals surface area contributed by atoms with Crippen molar-refractivity contribution >= 4 is 45.9 Å². The van der Waals surface area contributed by atoms with Crippen LogP contribution >= 0.6 is 23.2 Å². The molecule has 4 aromatic carbocycles. The number of carbonyl (C=O) groups is 2. The number of fused-ring (bicyclic) bond motifs is 1. The number of amides is 1. The van der Waals surface area contributed by atoms with E-state index in [0.29, 0.717) is 34.5 Å². The van der Waals surface area contributed by atoms with E-state index >= 15 is 0 Å². The van der Waals surface area contributed by atoms with Gasteiger partial charge in [0.1, 0.15) is 5.82 Å². The van der Waals surface area contributed by atoms with Crippen molar-refractivity contribution in [1.82, 2.24) is 19.4 Å². The lowest BCUT2D eigenvalue weighted by atomic mass is 9.90. The summed E-state index contributed by atoms with van der Waals surface area (Å²) in [5.41, 5.74) is 4.27. The molecule has 0 saturated carbocycles. The number of carbonyl (C=O) groups excluding carboxylic acids is 2. The molecule has 1 aromatic heterocycles. The summed E-state index contributed by atoms with van der Waals surface area (Å²) in [6, 6.07) is 29.1. The average Bonchev–Trinajstić information content (AvgIpc) is 3.46. The Labute approximate surface area is 284 Å². The molecule has 1 aliphatic heterocycles. The third-order valence-electron chi connectivity index (χ3n) is 9.16. The average molecular weight is 672 g/mol. The van der Waals surface area contributed by atoms with Crippen molar-refractivity contribution in [3.63, 3.8) is 0 Å². The van der Waals surface area contributed by atoms with Crippen LogP contribution in [0, 0.1) is 11.7 Å². The van der Waals surface area contributed by atoms with Gasteiger partial charge in [0, 0.05) is 37.5 Å². The van der Waals surface area contributed by atoms with Crippen molar-refractivity contribution in [3.05, 3.63) is 135 Å². The second-order valence-electron chi connectivity index (χ2n) is 12.3. The first-order valence-electron chi connectivity index (χ1n) is 16.0. The standard InChI is InChI=1S/C38H37Cl2FN4O2/c1-43(38(47)28-7-3-2-4-8-28)25-30(29-13-16-32(39)33(40)23-29)19-22-44-20-17-27(18-21-44)36(46)37-42-34-9-5-6-10-35(34)45(37)24-26-11-14-31(41)15-12-26/h2-16,23,27,30H,17-22,24-25H2,1H3. The Morgan fingerprint density at radius 2 is 1.62 bits per heavy atom. The van der Waals surface area contributed by atoms with Gasteiger partial charge < -0.3 is 14.4 Å². The summed E-state index contributed by atoms with van der Waals surface area (Å²) < 4.78 is 15.5. The second kappa shape index (κ2) is 14.8. The Kier molecular flexibility index (Phi) is 10.4. The van der Waals surface area contributed by atoms with Crippen LogP contribution < -0.4 is 0 Å². The van der Waals surface area contributed by atoms with Gasteiger partial charge in [-0.2, -0.15) is 0 Å². The van der Waals surface area contributed by atoms with E-state index in [-0.39, 0.29) is 29.3 Å². The minimum Gasteiger partial charge on any atom is -0.341 e. The first-order chi connectivity index (χ1) is 22.8. The number of rotatable bonds is 11. The molecule has 1 amide bonds. The maximum absolute atomic E-state index is 13.9. The fourth-order valence-electron chi connectivity index (χ4n) is 6.48. The maximum Gasteiger partial charge on any atom is 0.253 e. The highest BCUT2D eigenvalue weighted by Crippen LogP contribution is 2.31. The Hall–Kier alpha value is -4.04. The molecular weight excluding hydrogens is 634 g/mol. The molecule has 47 heavy (non-hydrogen) atoms. The highest BCUT2D eigenvalue weighted by atomic mass is 35.5. The first-order valence-corrected chi connectivity index (χ1v) is 16.7. The van der Waals surface area contributed by atoms with Gasteiger partial charge in [0.05, 0.1) is 21.1 Å². The summed E-state index contributed by atoms with van der Waals surface area (Å²) >= 11 is 12.6. The Balaban J connectivity index is 1.12. The van der Waals surface area contributed by atoms with E-state index in [1.165, 1.54) is 12.1 Å². The lowest BCUT2D eigenvalue weighted by Gasteiger charge is -2.33. The summed E-state index contributed by atoms with van der Waals surface area (Å²) in [7, 11) is 1.83. The quantitative estimate of drug-likeness (QED) is 0.133. The monoisotopic (exact) mass is 670 g/mol. The molecular formula is C38H37Cl2FN4O2. The van der Waals surface area contributed by atoms with Crippen molar-refractivity contribution in [2.75, 3.05) is 33.2 Å². The van der Waals surface area contributed by atoms with Crippen LogP contribution in [-0.4, -0.2) is 64.3 Å². The van der Waals surface area contributed by atoms with Gasteiger partial charge in [0.2, 0.25) is 5.78 Å². The van der Waals surface area contributed by atoms with E-state index in [4.69, 9.17) is 28.2 Å². The molecule has 6 nitrogen and oxygen atoms in total. The van der Waals surface area contributed by atoms with E-state index in [1.54, 1.807) is 17.0 Å². The van der Waals surface area contributed by atoms with Crippen molar-refractivity contribution < 1.29 is 14.0 Å². The lowest BCUT2D eigenvalue weighted by Crippen LogP contribution is -2.38. The van der Waals surface area contributed by atoms with Crippen LogP contribution in [0.25, 0.3) is 11.0 Å². The minimum atomic E-state index is -0.289. The first kappa shape index (κ1) is 32.9. The van der Waals surface area contributed by atoms with Crippen LogP contribution in [0.3, 0.4) is 0 Å². The molecule has 0 N–H and O–H groups in total. The zero-order chi connectivity index (χ0) is 32.9. The zero-order valence-electron chi connectivity index (χ0n) is 26.3. The van der Waals surface area contributed by atoms with E-state index in [1.807, 2.05) is 84.4 Å². The number of hydrogen-bond donors (Lipinski definition) is 0. The molecule has 9 heteroatoms. The van der Waals surface area contributed by atoms with Crippen molar-refractivity contribution in [1.29, 1.82) is 0 Å². The lowest BCUT2D eigenvalue weighted by molar-refractivity contribution is 0.0779. The third-order valence-corrected chi connectivity index (χ3v) is 9.90. The zero-order valence-corrected chi connectivity index (χ0v) is 27.8. The number of halogens is 3. The molecule has 6 rings (SSSR count). The van der Waals surface area contributed by atoms with E-state index in [9.17, 15) is 14.0 Å². The molecule has 1 aliphatic rings. The number of para-hydroxylation sites is 2. The molecule has 5 aromatic rings. The van der Waals surface area contributed by atoms with Gasteiger partial charge in [-0.3, -0.25) is 9.59 Å². The number of nitrogens with zero attached hydrogens (tertiary/aromatic N) is 4. The SMILES string of the molecule is CN(CC(CCN1CCC(C(=O)c2nc3ccccc3n2Cc2ccc(F)cc2)CC1)c1ccc(Cl)c(Cl)c1)C(=O)c1ccccc1. The Morgan fingerprint density at radius 1 is 0.915 bits per heavy atom. The molecule has 1 fully saturated rings.